The number of halogens is 3. The second kappa shape index (κ2) is 11.0. The third-order valence-electron chi connectivity index (χ3n) is 6.01. The van der Waals surface area contributed by atoms with Gasteiger partial charge in [0.2, 0.25) is 5.91 Å². The summed E-state index contributed by atoms with van der Waals surface area (Å²) < 4.78 is 18.4. The van der Waals surface area contributed by atoms with Crippen LogP contribution in [-0.2, 0) is 27.2 Å². The summed E-state index contributed by atoms with van der Waals surface area (Å²) in [4.78, 5) is 38.4. The molecule has 3 aromatic carbocycles. The van der Waals surface area contributed by atoms with Crippen molar-refractivity contribution >= 4 is 41.5 Å². The zero-order valence-corrected chi connectivity index (χ0v) is 20.1. The van der Waals surface area contributed by atoms with Crippen LogP contribution in [0.5, 0.6) is 0 Å². The number of carbonyl (C=O) groups excluding carboxylic acids is 3. The molecule has 2 atom stereocenters. The Morgan fingerprint density at radius 3 is 2.34 bits per heavy atom. The molecule has 1 saturated heterocycles. The highest BCUT2D eigenvalue weighted by Gasteiger charge is 2.41. The number of hydrogen-bond donors (Lipinski definition) is 0. The molecule has 0 bridgehead atoms. The van der Waals surface area contributed by atoms with E-state index in [0.717, 1.165) is 16.0 Å². The second-order valence-electron chi connectivity index (χ2n) is 8.36. The lowest BCUT2D eigenvalue weighted by Crippen LogP contribution is -2.44. The van der Waals surface area contributed by atoms with Gasteiger partial charge in [0.05, 0.1) is 6.04 Å². The third-order valence-corrected chi connectivity index (χ3v) is 6.69. The number of ether oxygens (including phenoxy) is 1. The van der Waals surface area contributed by atoms with Crippen LogP contribution in [0.25, 0.3) is 11.1 Å². The topological polar surface area (TPSA) is 63.7 Å². The maximum Gasteiger partial charge on any atom is 0.416 e. The number of hydrogen-bond acceptors (Lipinski definition) is 4. The minimum Gasteiger partial charge on any atom is -0.447 e. The Morgan fingerprint density at radius 2 is 1.71 bits per heavy atom. The maximum atomic E-state index is 13.4. The molecule has 0 N–H and O–H groups in total. The number of amides is 2. The monoisotopic (exact) mass is 513 g/mol. The highest BCUT2D eigenvalue weighted by atomic mass is 35.5. The van der Waals surface area contributed by atoms with Gasteiger partial charge >= 0.3 is 6.09 Å². The van der Waals surface area contributed by atoms with Crippen molar-refractivity contribution in [1.82, 2.24) is 4.90 Å². The number of rotatable bonds is 8. The Balaban J connectivity index is 1.57. The number of imide groups is 1. The summed E-state index contributed by atoms with van der Waals surface area (Å²) in [6.45, 7) is 0.0845. The van der Waals surface area contributed by atoms with E-state index in [0.29, 0.717) is 33.9 Å². The molecule has 5 nitrogen and oxygen atoms in total. The predicted octanol–water partition coefficient (Wildman–Crippen LogP) is 6.14. The quantitative estimate of drug-likeness (QED) is 0.339. The molecule has 0 aliphatic carbocycles. The van der Waals surface area contributed by atoms with Gasteiger partial charge in [0.15, 0.2) is 0 Å². The lowest BCUT2D eigenvalue weighted by atomic mass is 9.93. The fourth-order valence-electron chi connectivity index (χ4n) is 4.20. The Hall–Kier alpha value is -3.22. The van der Waals surface area contributed by atoms with Crippen molar-refractivity contribution < 1.29 is 23.5 Å². The average molecular weight is 514 g/mol. The number of cyclic esters (lactones) is 1. The maximum absolute atomic E-state index is 13.4. The van der Waals surface area contributed by atoms with E-state index in [9.17, 15) is 18.8 Å². The lowest BCUT2D eigenvalue weighted by Gasteiger charge is -2.25. The van der Waals surface area contributed by atoms with Crippen molar-refractivity contribution in [1.29, 1.82) is 0 Å². The van der Waals surface area contributed by atoms with Gasteiger partial charge in [0, 0.05) is 22.4 Å². The first kappa shape index (κ1) is 24.9. The molecule has 4 rings (SSSR count). The molecule has 1 heterocycles. The van der Waals surface area contributed by atoms with Crippen LogP contribution in [0.15, 0.2) is 66.7 Å². The first-order valence-electron chi connectivity index (χ1n) is 11.1. The van der Waals surface area contributed by atoms with Crippen LogP contribution in [0.4, 0.5) is 9.18 Å². The summed E-state index contributed by atoms with van der Waals surface area (Å²) in [6.07, 6.45) is 0.328. The molecular formula is C27H22Cl2FNO4. The van der Waals surface area contributed by atoms with E-state index in [4.69, 9.17) is 27.9 Å². The summed E-state index contributed by atoms with van der Waals surface area (Å²) >= 11 is 13.1. The van der Waals surface area contributed by atoms with Gasteiger partial charge in [-0.2, -0.15) is 0 Å². The van der Waals surface area contributed by atoms with Crippen LogP contribution in [0.1, 0.15) is 17.5 Å². The third kappa shape index (κ3) is 5.72. The zero-order valence-electron chi connectivity index (χ0n) is 18.6. The molecule has 180 valence electrons. The predicted molar refractivity (Wildman–Crippen MR) is 132 cm³/mol. The van der Waals surface area contributed by atoms with Crippen LogP contribution < -0.4 is 0 Å². The lowest BCUT2D eigenvalue weighted by molar-refractivity contribution is -0.134. The summed E-state index contributed by atoms with van der Waals surface area (Å²) in [5.74, 6) is -1.71. The molecule has 1 aliphatic heterocycles. The minimum atomic E-state index is -0.844. The Morgan fingerprint density at radius 1 is 1.06 bits per heavy atom. The van der Waals surface area contributed by atoms with E-state index in [-0.39, 0.29) is 25.3 Å². The minimum absolute atomic E-state index is 0.0702. The average Bonchev–Trinajstić information content (AvgIpc) is 3.20. The second-order valence-corrected chi connectivity index (χ2v) is 9.17. The smallest absolute Gasteiger partial charge is 0.416 e. The molecule has 0 aromatic heterocycles. The van der Waals surface area contributed by atoms with E-state index >= 15 is 0 Å². The van der Waals surface area contributed by atoms with E-state index in [1.165, 1.54) is 12.1 Å². The Kier molecular flexibility index (Phi) is 7.83. The van der Waals surface area contributed by atoms with Crippen molar-refractivity contribution in [3.05, 3.63) is 93.7 Å². The van der Waals surface area contributed by atoms with Crippen molar-refractivity contribution in [2.75, 3.05) is 6.61 Å². The first-order valence-corrected chi connectivity index (χ1v) is 11.8. The molecule has 0 radical (unpaired) electrons. The highest BCUT2D eigenvalue weighted by molar-refractivity contribution is 6.36. The normalized spacial score (nSPS) is 16.1. The van der Waals surface area contributed by atoms with Gasteiger partial charge in [0.25, 0.3) is 0 Å². The fraction of sp³-hybridized carbons (Fsp3) is 0.222. The zero-order chi connectivity index (χ0) is 24.9. The SMILES string of the molecule is O=CCC(Cc1c(Cl)cc(-c2ccc(F)cc2)cc1Cl)C(=O)N1C(=O)OCC1Cc1ccccc1. The van der Waals surface area contributed by atoms with E-state index in [1.807, 2.05) is 30.3 Å². The van der Waals surface area contributed by atoms with Gasteiger partial charge in [-0.05, 0) is 59.4 Å². The number of benzene rings is 3. The van der Waals surface area contributed by atoms with Crippen LogP contribution in [0.2, 0.25) is 10.0 Å². The molecule has 1 fully saturated rings. The van der Waals surface area contributed by atoms with E-state index < -0.39 is 24.0 Å². The fourth-order valence-corrected chi connectivity index (χ4v) is 4.85. The highest BCUT2D eigenvalue weighted by Crippen LogP contribution is 2.34. The molecule has 3 aromatic rings. The molecule has 2 amide bonds. The number of aldehydes is 1. The molecule has 8 heteroatoms. The molecule has 35 heavy (non-hydrogen) atoms. The van der Waals surface area contributed by atoms with E-state index in [2.05, 4.69) is 0 Å². The number of nitrogens with zero attached hydrogens (tertiary/aromatic N) is 1. The molecule has 0 saturated carbocycles. The largest absolute Gasteiger partial charge is 0.447 e. The molecular weight excluding hydrogens is 492 g/mol. The van der Waals surface area contributed by atoms with Crippen molar-refractivity contribution in [3.63, 3.8) is 0 Å². The van der Waals surface area contributed by atoms with Gasteiger partial charge in [0.1, 0.15) is 18.7 Å². The first-order chi connectivity index (χ1) is 16.9. The standard InChI is InChI=1S/C27H22Cl2FNO4/c28-24-14-20(18-6-8-21(30)9-7-18)15-25(29)23(24)13-19(10-11-32)26(33)31-22(16-35-27(31)34)12-17-4-2-1-3-5-17/h1-9,11,14-15,19,22H,10,12-13,16H2. The van der Waals surface area contributed by atoms with Crippen molar-refractivity contribution in [3.8, 4) is 11.1 Å². The molecule has 1 aliphatic rings. The van der Waals surface area contributed by atoms with Gasteiger partial charge in [-0.1, -0.05) is 65.7 Å². The molecule has 2 unspecified atom stereocenters. The van der Waals surface area contributed by atoms with Crippen LogP contribution in [-0.4, -0.2) is 35.8 Å². The summed E-state index contributed by atoms with van der Waals surface area (Å²) in [7, 11) is 0. The Labute approximate surface area is 212 Å². The van der Waals surface area contributed by atoms with Crippen LogP contribution in [0.3, 0.4) is 0 Å². The Bertz CT molecular complexity index is 1210. The van der Waals surface area contributed by atoms with Crippen molar-refractivity contribution in [2.24, 2.45) is 5.92 Å². The van der Waals surface area contributed by atoms with Gasteiger partial charge in [-0.25, -0.2) is 14.1 Å². The number of carbonyl (C=O) groups is 3. The molecule has 0 spiro atoms. The summed E-state index contributed by atoms with van der Waals surface area (Å²) in [6, 6.07) is 18.3. The van der Waals surface area contributed by atoms with Gasteiger partial charge < -0.3 is 9.53 Å². The van der Waals surface area contributed by atoms with Gasteiger partial charge in [-0.3, -0.25) is 4.79 Å². The van der Waals surface area contributed by atoms with E-state index in [1.54, 1.807) is 24.3 Å². The van der Waals surface area contributed by atoms with Crippen molar-refractivity contribution in [2.45, 2.75) is 25.3 Å². The van der Waals surface area contributed by atoms with Gasteiger partial charge in [-0.15, -0.1) is 0 Å². The van der Waals surface area contributed by atoms with Crippen LogP contribution in [0, 0.1) is 11.7 Å². The summed E-state index contributed by atoms with van der Waals surface area (Å²) in [5, 5.41) is 0.621. The summed E-state index contributed by atoms with van der Waals surface area (Å²) in [5.41, 5.74) is 2.87. The van der Waals surface area contributed by atoms with Crippen LogP contribution >= 0.6 is 23.2 Å².